The van der Waals surface area contributed by atoms with Gasteiger partial charge >= 0.3 is 5.97 Å². The SMILES string of the molecule is CCOC(=O)c1ccc(CC2CCCCCCC2)c(N(C)C)c1. The zero-order valence-electron chi connectivity index (χ0n) is 14.9. The van der Waals surface area contributed by atoms with E-state index < -0.39 is 0 Å². The number of anilines is 1. The van der Waals surface area contributed by atoms with Gasteiger partial charge in [0.05, 0.1) is 12.2 Å². The topological polar surface area (TPSA) is 29.5 Å². The highest BCUT2D eigenvalue weighted by atomic mass is 16.5. The van der Waals surface area contributed by atoms with E-state index in [0.29, 0.717) is 12.2 Å². The fourth-order valence-electron chi connectivity index (χ4n) is 3.55. The van der Waals surface area contributed by atoms with E-state index in [1.165, 1.54) is 50.5 Å². The molecule has 0 unspecified atom stereocenters. The van der Waals surface area contributed by atoms with E-state index in [4.69, 9.17) is 4.74 Å². The van der Waals surface area contributed by atoms with Crippen molar-refractivity contribution >= 4 is 11.7 Å². The molecule has 1 aromatic rings. The van der Waals surface area contributed by atoms with Crippen LogP contribution in [0.4, 0.5) is 5.69 Å². The Morgan fingerprint density at radius 2 is 1.78 bits per heavy atom. The van der Waals surface area contributed by atoms with Crippen LogP contribution < -0.4 is 4.90 Å². The molecule has 0 aromatic heterocycles. The molecule has 128 valence electrons. The zero-order valence-corrected chi connectivity index (χ0v) is 14.9. The minimum Gasteiger partial charge on any atom is -0.462 e. The Bertz CT molecular complexity index is 502. The zero-order chi connectivity index (χ0) is 16.7. The summed E-state index contributed by atoms with van der Waals surface area (Å²) in [5.41, 5.74) is 3.16. The summed E-state index contributed by atoms with van der Waals surface area (Å²) in [6, 6.07) is 6.03. The van der Waals surface area contributed by atoms with Gasteiger partial charge in [0.15, 0.2) is 0 Å². The monoisotopic (exact) mass is 317 g/mol. The highest BCUT2D eigenvalue weighted by Gasteiger charge is 2.17. The number of esters is 1. The lowest BCUT2D eigenvalue weighted by Crippen LogP contribution is -2.16. The van der Waals surface area contributed by atoms with Crippen LogP contribution in [0.2, 0.25) is 0 Å². The van der Waals surface area contributed by atoms with Crippen LogP contribution >= 0.6 is 0 Å². The summed E-state index contributed by atoms with van der Waals surface area (Å²) in [4.78, 5) is 14.1. The molecule has 1 aliphatic carbocycles. The molecule has 3 nitrogen and oxygen atoms in total. The summed E-state index contributed by atoms with van der Waals surface area (Å²) in [5.74, 6) is 0.551. The Labute approximate surface area is 141 Å². The predicted octanol–water partition coefficient (Wildman–Crippen LogP) is 4.83. The summed E-state index contributed by atoms with van der Waals surface area (Å²) in [6.07, 6.45) is 10.7. The van der Waals surface area contributed by atoms with Crippen molar-refractivity contribution in [3.05, 3.63) is 29.3 Å². The number of ether oxygens (including phenoxy) is 1. The number of nitrogens with zero attached hydrogens (tertiary/aromatic N) is 1. The fraction of sp³-hybridized carbons (Fsp3) is 0.650. The first-order valence-electron chi connectivity index (χ1n) is 9.09. The maximum atomic E-state index is 12.0. The van der Waals surface area contributed by atoms with Crippen LogP contribution in [0.5, 0.6) is 0 Å². The van der Waals surface area contributed by atoms with Gasteiger partial charge in [-0.15, -0.1) is 0 Å². The quantitative estimate of drug-likeness (QED) is 0.728. The van der Waals surface area contributed by atoms with Crippen LogP contribution in [0.25, 0.3) is 0 Å². The van der Waals surface area contributed by atoms with Gasteiger partial charge in [0.2, 0.25) is 0 Å². The molecule has 0 amide bonds. The molecule has 0 saturated heterocycles. The Kier molecular flexibility index (Phi) is 6.94. The van der Waals surface area contributed by atoms with Gasteiger partial charge in [-0.05, 0) is 37.0 Å². The summed E-state index contributed by atoms with van der Waals surface area (Å²) in [5, 5.41) is 0. The number of hydrogen-bond donors (Lipinski definition) is 0. The van der Waals surface area contributed by atoms with Gasteiger partial charge < -0.3 is 9.64 Å². The van der Waals surface area contributed by atoms with Crippen LogP contribution in [0.3, 0.4) is 0 Å². The molecule has 1 aromatic carbocycles. The lowest BCUT2D eigenvalue weighted by Gasteiger charge is -2.24. The first-order valence-corrected chi connectivity index (χ1v) is 9.09. The smallest absolute Gasteiger partial charge is 0.338 e. The average Bonchev–Trinajstić information content (AvgIpc) is 2.50. The minimum absolute atomic E-state index is 0.229. The largest absolute Gasteiger partial charge is 0.462 e. The lowest BCUT2D eigenvalue weighted by molar-refractivity contribution is 0.0526. The van der Waals surface area contributed by atoms with Crippen molar-refractivity contribution in [2.24, 2.45) is 5.92 Å². The highest BCUT2D eigenvalue weighted by Crippen LogP contribution is 2.29. The second-order valence-electron chi connectivity index (χ2n) is 6.87. The van der Waals surface area contributed by atoms with E-state index in [-0.39, 0.29) is 5.97 Å². The van der Waals surface area contributed by atoms with Crippen LogP contribution in [0.15, 0.2) is 18.2 Å². The summed E-state index contributed by atoms with van der Waals surface area (Å²) >= 11 is 0. The molecule has 0 bridgehead atoms. The van der Waals surface area contributed by atoms with Gasteiger partial charge in [0.1, 0.15) is 0 Å². The van der Waals surface area contributed by atoms with Crippen LogP contribution in [-0.2, 0) is 11.2 Å². The maximum absolute atomic E-state index is 12.0. The number of hydrogen-bond acceptors (Lipinski definition) is 3. The molecule has 1 saturated carbocycles. The van der Waals surface area contributed by atoms with E-state index in [9.17, 15) is 4.79 Å². The van der Waals surface area contributed by atoms with E-state index in [0.717, 1.165) is 18.0 Å². The van der Waals surface area contributed by atoms with Gasteiger partial charge in [-0.1, -0.05) is 51.0 Å². The molecule has 0 heterocycles. The molecular weight excluding hydrogens is 286 g/mol. The fourth-order valence-corrected chi connectivity index (χ4v) is 3.55. The van der Waals surface area contributed by atoms with Crippen molar-refractivity contribution < 1.29 is 9.53 Å². The Morgan fingerprint density at radius 3 is 2.39 bits per heavy atom. The molecule has 1 aliphatic rings. The van der Waals surface area contributed by atoms with Crippen molar-refractivity contribution in [3.63, 3.8) is 0 Å². The standard InChI is InChI=1S/C20H31NO2/c1-4-23-20(22)18-13-12-17(19(15-18)21(2)3)14-16-10-8-6-5-7-9-11-16/h12-13,15-16H,4-11,14H2,1-3H3. The molecule has 0 N–H and O–H groups in total. The minimum atomic E-state index is -0.229. The molecular formula is C20H31NO2. The highest BCUT2D eigenvalue weighted by molar-refractivity contribution is 5.90. The maximum Gasteiger partial charge on any atom is 0.338 e. The van der Waals surface area contributed by atoms with Crippen molar-refractivity contribution in [2.75, 3.05) is 25.6 Å². The molecule has 3 heteroatoms. The lowest BCUT2D eigenvalue weighted by atomic mass is 9.86. The molecule has 0 radical (unpaired) electrons. The number of benzene rings is 1. The van der Waals surface area contributed by atoms with Gasteiger partial charge in [0, 0.05) is 19.8 Å². The first-order chi connectivity index (χ1) is 11.1. The van der Waals surface area contributed by atoms with E-state index in [1.54, 1.807) is 0 Å². The van der Waals surface area contributed by atoms with Gasteiger partial charge in [-0.2, -0.15) is 0 Å². The van der Waals surface area contributed by atoms with Gasteiger partial charge in [0.25, 0.3) is 0 Å². The van der Waals surface area contributed by atoms with E-state index in [2.05, 4.69) is 11.0 Å². The van der Waals surface area contributed by atoms with Gasteiger partial charge in [-0.3, -0.25) is 0 Å². The van der Waals surface area contributed by atoms with Crippen molar-refractivity contribution in [3.8, 4) is 0 Å². The molecule has 0 spiro atoms. The van der Waals surface area contributed by atoms with Crippen molar-refractivity contribution in [1.82, 2.24) is 0 Å². The Morgan fingerprint density at radius 1 is 1.13 bits per heavy atom. The normalized spacial score (nSPS) is 16.5. The van der Waals surface area contributed by atoms with Crippen LogP contribution in [-0.4, -0.2) is 26.7 Å². The van der Waals surface area contributed by atoms with Crippen molar-refractivity contribution in [2.45, 2.75) is 58.3 Å². The third-order valence-electron chi connectivity index (χ3n) is 4.81. The van der Waals surface area contributed by atoms with Crippen LogP contribution in [0, 0.1) is 5.92 Å². The third-order valence-corrected chi connectivity index (χ3v) is 4.81. The molecule has 0 atom stereocenters. The molecule has 23 heavy (non-hydrogen) atoms. The number of carbonyl (C=O) groups excluding carboxylic acids is 1. The summed E-state index contributed by atoms with van der Waals surface area (Å²) in [6.45, 7) is 2.26. The third kappa shape index (κ3) is 5.26. The summed E-state index contributed by atoms with van der Waals surface area (Å²) < 4.78 is 5.13. The number of carbonyl (C=O) groups is 1. The Hall–Kier alpha value is -1.51. The second kappa shape index (κ2) is 8.95. The summed E-state index contributed by atoms with van der Waals surface area (Å²) in [7, 11) is 4.10. The van der Waals surface area contributed by atoms with Crippen molar-refractivity contribution in [1.29, 1.82) is 0 Å². The van der Waals surface area contributed by atoms with Gasteiger partial charge in [-0.25, -0.2) is 4.79 Å². The van der Waals surface area contributed by atoms with E-state index in [1.807, 2.05) is 33.2 Å². The Balaban J connectivity index is 2.14. The first kappa shape index (κ1) is 17.8. The molecule has 0 aliphatic heterocycles. The number of rotatable bonds is 5. The average molecular weight is 317 g/mol. The van der Waals surface area contributed by atoms with Crippen LogP contribution in [0.1, 0.15) is 67.8 Å². The predicted molar refractivity (Wildman–Crippen MR) is 96.2 cm³/mol. The van der Waals surface area contributed by atoms with E-state index >= 15 is 0 Å². The molecule has 2 rings (SSSR count). The second-order valence-corrected chi connectivity index (χ2v) is 6.87. The molecule has 1 fully saturated rings.